The number of methoxy groups -OCH3 is 1. The Hall–Kier alpha value is -2.40. The molecule has 1 atom stereocenters. The minimum absolute atomic E-state index is 0.0504. The van der Waals surface area contributed by atoms with E-state index in [9.17, 15) is 10.1 Å². The van der Waals surface area contributed by atoms with Gasteiger partial charge in [0.25, 0.3) is 5.69 Å². The van der Waals surface area contributed by atoms with Crippen molar-refractivity contribution < 1.29 is 9.66 Å². The van der Waals surface area contributed by atoms with Gasteiger partial charge in [0.05, 0.1) is 4.92 Å². The van der Waals surface area contributed by atoms with E-state index in [1.54, 1.807) is 19.2 Å². The fraction of sp³-hybridized carbons (Fsp3) is 0.143. The van der Waals surface area contributed by atoms with Crippen LogP contribution in [0.3, 0.4) is 0 Å². The van der Waals surface area contributed by atoms with Crippen LogP contribution in [0.1, 0.15) is 11.8 Å². The molecule has 98 valence electrons. The molecular formula is C14H14N2O3. The molecule has 5 nitrogen and oxygen atoms in total. The number of nitrogens with one attached hydrogen (secondary N) is 1. The summed E-state index contributed by atoms with van der Waals surface area (Å²) in [5.74, 6) is 0. The molecule has 1 unspecified atom stereocenters. The van der Waals surface area contributed by atoms with Crippen molar-refractivity contribution in [2.75, 3.05) is 12.4 Å². The van der Waals surface area contributed by atoms with Crippen LogP contribution in [0, 0.1) is 10.1 Å². The van der Waals surface area contributed by atoms with Crippen LogP contribution in [0.25, 0.3) is 0 Å². The van der Waals surface area contributed by atoms with E-state index in [4.69, 9.17) is 4.74 Å². The molecule has 0 bridgehead atoms. The Morgan fingerprint density at radius 2 is 1.89 bits per heavy atom. The Kier molecular flexibility index (Phi) is 4.10. The number of ether oxygens (including phenoxy) is 1. The van der Waals surface area contributed by atoms with E-state index in [2.05, 4.69) is 5.32 Å². The fourth-order valence-electron chi connectivity index (χ4n) is 1.77. The summed E-state index contributed by atoms with van der Waals surface area (Å²) in [6, 6.07) is 15.9. The monoisotopic (exact) mass is 258 g/mol. The third-order valence-electron chi connectivity index (χ3n) is 2.69. The predicted octanol–water partition coefficient (Wildman–Crippen LogP) is 3.35. The number of nitro benzene ring substituents is 1. The van der Waals surface area contributed by atoms with Gasteiger partial charge >= 0.3 is 0 Å². The van der Waals surface area contributed by atoms with Gasteiger partial charge in [-0.05, 0) is 12.1 Å². The lowest BCUT2D eigenvalue weighted by atomic mass is 10.1. The molecule has 2 rings (SSSR count). The highest BCUT2D eigenvalue weighted by Gasteiger charge is 2.14. The minimum Gasteiger partial charge on any atom is -0.357 e. The first-order valence-corrected chi connectivity index (χ1v) is 5.79. The number of nitrogens with zero attached hydrogens (tertiary/aromatic N) is 1. The van der Waals surface area contributed by atoms with E-state index < -0.39 is 11.2 Å². The molecule has 0 aliphatic rings. The Labute approximate surface area is 111 Å². The number of hydrogen-bond donors (Lipinski definition) is 1. The molecule has 0 aliphatic carbocycles. The van der Waals surface area contributed by atoms with E-state index in [0.29, 0.717) is 5.56 Å². The highest BCUT2D eigenvalue weighted by atomic mass is 16.6. The normalized spacial score (nSPS) is 11.8. The van der Waals surface area contributed by atoms with Gasteiger partial charge < -0.3 is 10.1 Å². The standard InChI is InChI=1S/C14H14N2O3/c1-19-14(15-12-7-3-2-4-8-12)11-6-5-9-13(10-11)16(17)18/h2-10,14-15H,1H3. The zero-order chi connectivity index (χ0) is 13.7. The third-order valence-corrected chi connectivity index (χ3v) is 2.69. The molecule has 0 saturated carbocycles. The SMILES string of the molecule is COC(Nc1ccccc1)c1cccc([N+](=O)[O-])c1. The molecule has 0 amide bonds. The summed E-state index contributed by atoms with van der Waals surface area (Å²) in [4.78, 5) is 10.3. The molecule has 0 saturated heterocycles. The lowest BCUT2D eigenvalue weighted by Gasteiger charge is -2.18. The van der Waals surface area contributed by atoms with Gasteiger partial charge in [-0.1, -0.05) is 30.3 Å². The predicted molar refractivity (Wildman–Crippen MR) is 72.9 cm³/mol. The van der Waals surface area contributed by atoms with Crippen LogP contribution in [0.4, 0.5) is 11.4 Å². The lowest BCUT2D eigenvalue weighted by molar-refractivity contribution is -0.385. The summed E-state index contributed by atoms with van der Waals surface area (Å²) in [5.41, 5.74) is 1.65. The van der Waals surface area contributed by atoms with Crippen molar-refractivity contribution in [2.45, 2.75) is 6.23 Å². The van der Waals surface area contributed by atoms with Crippen molar-refractivity contribution in [3.8, 4) is 0 Å². The van der Waals surface area contributed by atoms with Crippen molar-refractivity contribution in [3.05, 3.63) is 70.3 Å². The molecule has 5 heteroatoms. The molecule has 19 heavy (non-hydrogen) atoms. The number of non-ortho nitro benzene ring substituents is 1. The Morgan fingerprint density at radius 3 is 2.53 bits per heavy atom. The summed E-state index contributed by atoms with van der Waals surface area (Å²) in [6.45, 7) is 0. The highest BCUT2D eigenvalue weighted by molar-refractivity contribution is 5.45. The quantitative estimate of drug-likeness (QED) is 0.507. The fourth-order valence-corrected chi connectivity index (χ4v) is 1.77. The van der Waals surface area contributed by atoms with Crippen LogP contribution >= 0.6 is 0 Å². The number of hydrogen-bond acceptors (Lipinski definition) is 4. The molecule has 0 spiro atoms. The van der Waals surface area contributed by atoms with Crippen molar-refractivity contribution in [1.29, 1.82) is 0 Å². The van der Waals surface area contributed by atoms with Crippen LogP contribution in [0.5, 0.6) is 0 Å². The number of nitro groups is 1. The summed E-state index contributed by atoms with van der Waals surface area (Å²) in [5, 5.41) is 13.9. The summed E-state index contributed by atoms with van der Waals surface area (Å²) in [7, 11) is 1.56. The van der Waals surface area contributed by atoms with E-state index in [1.807, 2.05) is 30.3 Å². The van der Waals surface area contributed by atoms with Crippen LogP contribution in [-0.2, 0) is 4.74 Å². The van der Waals surface area contributed by atoms with Crippen molar-refractivity contribution in [1.82, 2.24) is 0 Å². The van der Waals surface area contributed by atoms with Gasteiger partial charge in [-0.15, -0.1) is 0 Å². The second kappa shape index (κ2) is 5.97. The smallest absolute Gasteiger partial charge is 0.269 e. The number of rotatable bonds is 5. The first-order valence-electron chi connectivity index (χ1n) is 5.79. The van der Waals surface area contributed by atoms with E-state index in [1.165, 1.54) is 12.1 Å². The summed E-state index contributed by atoms with van der Waals surface area (Å²) >= 11 is 0. The molecule has 2 aromatic rings. The van der Waals surface area contributed by atoms with Crippen molar-refractivity contribution in [3.63, 3.8) is 0 Å². The largest absolute Gasteiger partial charge is 0.357 e. The van der Waals surface area contributed by atoms with Gasteiger partial charge in [-0.2, -0.15) is 0 Å². The summed E-state index contributed by atoms with van der Waals surface area (Å²) in [6.07, 6.45) is -0.428. The Balaban J connectivity index is 2.22. The highest BCUT2D eigenvalue weighted by Crippen LogP contribution is 2.23. The zero-order valence-electron chi connectivity index (χ0n) is 10.4. The molecule has 0 heterocycles. The minimum atomic E-state index is -0.428. The van der Waals surface area contributed by atoms with Crippen LogP contribution in [-0.4, -0.2) is 12.0 Å². The van der Waals surface area contributed by atoms with E-state index in [0.717, 1.165) is 5.69 Å². The van der Waals surface area contributed by atoms with Crippen LogP contribution in [0.15, 0.2) is 54.6 Å². The molecule has 0 radical (unpaired) electrons. The zero-order valence-corrected chi connectivity index (χ0v) is 10.4. The Bertz CT molecular complexity index is 558. The van der Waals surface area contributed by atoms with Crippen LogP contribution < -0.4 is 5.32 Å². The van der Waals surface area contributed by atoms with Gasteiger partial charge in [0.15, 0.2) is 6.23 Å². The molecule has 0 aliphatic heterocycles. The first-order chi connectivity index (χ1) is 9.20. The van der Waals surface area contributed by atoms with E-state index in [-0.39, 0.29) is 5.69 Å². The maximum absolute atomic E-state index is 10.8. The van der Waals surface area contributed by atoms with Gasteiger partial charge in [-0.3, -0.25) is 10.1 Å². The maximum Gasteiger partial charge on any atom is 0.269 e. The van der Waals surface area contributed by atoms with Crippen LogP contribution in [0.2, 0.25) is 0 Å². The van der Waals surface area contributed by atoms with Crippen molar-refractivity contribution in [2.24, 2.45) is 0 Å². The molecule has 0 fully saturated rings. The molecular weight excluding hydrogens is 244 g/mol. The first kappa shape index (κ1) is 13.0. The second-order valence-electron chi connectivity index (χ2n) is 3.98. The second-order valence-corrected chi connectivity index (χ2v) is 3.98. The molecule has 0 aromatic heterocycles. The van der Waals surface area contributed by atoms with Crippen molar-refractivity contribution >= 4 is 11.4 Å². The topological polar surface area (TPSA) is 64.4 Å². The lowest BCUT2D eigenvalue weighted by Crippen LogP contribution is -2.12. The maximum atomic E-state index is 10.8. The average molecular weight is 258 g/mol. The van der Waals surface area contributed by atoms with Gasteiger partial charge in [0.2, 0.25) is 0 Å². The molecule has 1 N–H and O–H groups in total. The number of benzene rings is 2. The summed E-state index contributed by atoms with van der Waals surface area (Å²) < 4.78 is 5.34. The average Bonchev–Trinajstić information content (AvgIpc) is 2.46. The van der Waals surface area contributed by atoms with Gasteiger partial charge in [0.1, 0.15) is 0 Å². The Morgan fingerprint density at radius 1 is 1.16 bits per heavy atom. The number of anilines is 1. The van der Waals surface area contributed by atoms with Gasteiger partial charge in [0, 0.05) is 30.5 Å². The third kappa shape index (κ3) is 3.29. The van der Waals surface area contributed by atoms with E-state index >= 15 is 0 Å². The molecule has 2 aromatic carbocycles. The van der Waals surface area contributed by atoms with Gasteiger partial charge in [-0.25, -0.2) is 0 Å². The number of para-hydroxylation sites is 1.